The molecule has 0 amide bonds. The summed E-state index contributed by atoms with van der Waals surface area (Å²) in [5.74, 6) is 0. The van der Waals surface area contributed by atoms with Gasteiger partial charge in [0.15, 0.2) is 0 Å². The van der Waals surface area contributed by atoms with Crippen molar-refractivity contribution >= 4 is 0 Å². The standard InChI is InChI=1S/C5H12N2O/c1-5-4-7(8)3-2-6-5/h5-6,8H,2-4H2,1H3/t5-/m0/s1. The maximum absolute atomic E-state index is 8.87. The van der Waals surface area contributed by atoms with Crippen LogP contribution in [0.3, 0.4) is 0 Å². The predicted molar refractivity (Wildman–Crippen MR) is 30.8 cm³/mol. The zero-order valence-electron chi connectivity index (χ0n) is 5.09. The normalized spacial score (nSPS) is 33.0. The van der Waals surface area contributed by atoms with Crippen LogP contribution in [0, 0.1) is 0 Å². The molecule has 0 aliphatic carbocycles. The zero-order valence-corrected chi connectivity index (χ0v) is 5.09. The topological polar surface area (TPSA) is 35.5 Å². The summed E-state index contributed by atoms with van der Waals surface area (Å²) in [5, 5.41) is 13.4. The molecule has 1 rings (SSSR count). The summed E-state index contributed by atoms with van der Waals surface area (Å²) in [6, 6.07) is 0.439. The Bertz CT molecular complexity index is 68.8. The maximum Gasteiger partial charge on any atom is 0.0390 e. The molecule has 0 aromatic rings. The number of nitrogens with zero attached hydrogens (tertiary/aromatic N) is 1. The highest BCUT2D eigenvalue weighted by atomic mass is 16.5. The van der Waals surface area contributed by atoms with E-state index < -0.39 is 0 Å². The van der Waals surface area contributed by atoms with E-state index in [1.807, 2.05) is 0 Å². The molecule has 3 heteroatoms. The van der Waals surface area contributed by atoms with E-state index in [-0.39, 0.29) is 0 Å². The molecule has 1 heterocycles. The largest absolute Gasteiger partial charge is 0.314 e. The van der Waals surface area contributed by atoms with Gasteiger partial charge in [0.25, 0.3) is 0 Å². The van der Waals surface area contributed by atoms with Crippen molar-refractivity contribution in [2.24, 2.45) is 0 Å². The smallest absolute Gasteiger partial charge is 0.0390 e. The average molecular weight is 116 g/mol. The minimum atomic E-state index is 0.439. The van der Waals surface area contributed by atoms with Crippen molar-refractivity contribution in [3.63, 3.8) is 0 Å². The lowest BCUT2D eigenvalue weighted by molar-refractivity contribution is -0.106. The van der Waals surface area contributed by atoms with E-state index in [4.69, 9.17) is 5.21 Å². The molecular weight excluding hydrogens is 104 g/mol. The summed E-state index contributed by atoms with van der Waals surface area (Å²) < 4.78 is 0. The minimum Gasteiger partial charge on any atom is -0.314 e. The zero-order chi connectivity index (χ0) is 5.98. The van der Waals surface area contributed by atoms with Crippen LogP contribution in [-0.2, 0) is 0 Å². The Balaban J connectivity index is 2.23. The van der Waals surface area contributed by atoms with Gasteiger partial charge in [0.05, 0.1) is 0 Å². The van der Waals surface area contributed by atoms with Crippen molar-refractivity contribution in [3.05, 3.63) is 0 Å². The molecule has 1 fully saturated rings. The van der Waals surface area contributed by atoms with Gasteiger partial charge in [0, 0.05) is 25.7 Å². The number of hydroxylamine groups is 2. The van der Waals surface area contributed by atoms with Crippen LogP contribution in [-0.4, -0.2) is 35.9 Å². The second kappa shape index (κ2) is 2.44. The fourth-order valence-corrected chi connectivity index (χ4v) is 0.912. The van der Waals surface area contributed by atoms with Gasteiger partial charge in [-0.25, -0.2) is 0 Å². The first-order chi connectivity index (χ1) is 3.79. The van der Waals surface area contributed by atoms with Gasteiger partial charge in [-0.05, 0) is 6.92 Å². The molecule has 1 aliphatic heterocycles. The van der Waals surface area contributed by atoms with Crippen molar-refractivity contribution in [2.75, 3.05) is 19.6 Å². The van der Waals surface area contributed by atoms with E-state index in [1.54, 1.807) is 0 Å². The number of hydrogen-bond acceptors (Lipinski definition) is 3. The number of hydrogen-bond donors (Lipinski definition) is 2. The fraction of sp³-hybridized carbons (Fsp3) is 1.00. The van der Waals surface area contributed by atoms with Crippen molar-refractivity contribution in [1.29, 1.82) is 0 Å². The second-order valence-corrected chi connectivity index (χ2v) is 2.27. The maximum atomic E-state index is 8.87. The molecule has 1 saturated heterocycles. The Morgan fingerprint density at radius 3 is 2.88 bits per heavy atom. The highest BCUT2D eigenvalue weighted by Crippen LogP contribution is 1.92. The molecule has 0 saturated carbocycles. The summed E-state index contributed by atoms with van der Waals surface area (Å²) in [5.41, 5.74) is 0. The van der Waals surface area contributed by atoms with Gasteiger partial charge in [0.2, 0.25) is 0 Å². The van der Waals surface area contributed by atoms with Gasteiger partial charge in [0.1, 0.15) is 0 Å². The van der Waals surface area contributed by atoms with E-state index in [0.717, 1.165) is 19.6 Å². The molecule has 0 aromatic carbocycles. The molecule has 1 atom stereocenters. The third-order valence-electron chi connectivity index (χ3n) is 1.35. The Morgan fingerprint density at radius 2 is 2.50 bits per heavy atom. The summed E-state index contributed by atoms with van der Waals surface area (Å²) in [6.45, 7) is 4.46. The quantitative estimate of drug-likeness (QED) is 0.455. The summed E-state index contributed by atoms with van der Waals surface area (Å²) >= 11 is 0. The highest BCUT2D eigenvalue weighted by molar-refractivity contribution is 4.68. The molecule has 1 aliphatic rings. The highest BCUT2D eigenvalue weighted by Gasteiger charge is 2.11. The Morgan fingerprint density at radius 1 is 1.75 bits per heavy atom. The van der Waals surface area contributed by atoms with Crippen LogP contribution in [0.25, 0.3) is 0 Å². The van der Waals surface area contributed by atoms with Crippen LogP contribution in [0.1, 0.15) is 6.92 Å². The third kappa shape index (κ3) is 1.43. The first-order valence-corrected chi connectivity index (χ1v) is 2.96. The average Bonchev–Trinajstić information content (AvgIpc) is 1.64. The summed E-state index contributed by atoms with van der Waals surface area (Å²) in [4.78, 5) is 0. The Labute approximate surface area is 49.3 Å². The van der Waals surface area contributed by atoms with Crippen molar-refractivity contribution in [2.45, 2.75) is 13.0 Å². The van der Waals surface area contributed by atoms with Gasteiger partial charge >= 0.3 is 0 Å². The number of nitrogens with one attached hydrogen (secondary N) is 1. The van der Waals surface area contributed by atoms with Crippen LogP contribution in [0.4, 0.5) is 0 Å². The van der Waals surface area contributed by atoms with E-state index >= 15 is 0 Å². The van der Waals surface area contributed by atoms with Gasteiger partial charge in [-0.15, -0.1) is 0 Å². The van der Waals surface area contributed by atoms with Crippen LogP contribution in [0.5, 0.6) is 0 Å². The molecule has 0 unspecified atom stereocenters. The number of piperazine rings is 1. The van der Waals surface area contributed by atoms with Crippen molar-refractivity contribution in [3.8, 4) is 0 Å². The van der Waals surface area contributed by atoms with Crippen LogP contribution < -0.4 is 5.32 Å². The van der Waals surface area contributed by atoms with Crippen molar-refractivity contribution in [1.82, 2.24) is 10.4 Å². The van der Waals surface area contributed by atoms with E-state index in [9.17, 15) is 0 Å². The van der Waals surface area contributed by atoms with Crippen molar-refractivity contribution < 1.29 is 5.21 Å². The van der Waals surface area contributed by atoms with Gasteiger partial charge < -0.3 is 10.5 Å². The van der Waals surface area contributed by atoms with Crippen LogP contribution >= 0.6 is 0 Å². The minimum absolute atomic E-state index is 0.439. The molecule has 0 aromatic heterocycles. The van der Waals surface area contributed by atoms with Crippen LogP contribution in [0.15, 0.2) is 0 Å². The number of rotatable bonds is 0. The molecule has 48 valence electrons. The lowest BCUT2D eigenvalue weighted by atomic mass is 10.3. The first-order valence-electron chi connectivity index (χ1n) is 2.96. The lowest BCUT2D eigenvalue weighted by Gasteiger charge is -2.26. The molecule has 0 radical (unpaired) electrons. The fourth-order valence-electron chi connectivity index (χ4n) is 0.912. The van der Waals surface area contributed by atoms with Gasteiger partial charge in [-0.1, -0.05) is 0 Å². The predicted octanol–water partition coefficient (Wildman–Crippen LogP) is -0.331. The van der Waals surface area contributed by atoms with Gasteiger partial charge in [-0.2, -0.15) is 5.06 Å². The first kappa shape index (κ1) is 6.01. The molecule has 0 spiro atoms. The second-order valence-electron chi connectivity index (χ2n) is 2.27. The Hall–Kier alpha value is -0.120. The lowest BCUT2D eigenvalue weighted by Crippen LogP contribution is -2.47. The molecule has 2 N–H and O–H groups in total. The summed E-state index contributed by atoms with van der Waals surface area (Å²) in [7, 11) is 0. The van der Waals surface area contributed by atoms with E-state index in [0.29, 0.717) is 6.04 Å². The molecule has 3 nitrogen and oxygen atoms in total. The Kier molecular flexibility index (Phi) is 1.83. The molecule has 8 heavy (non-hydrogen) atoms. The molecular formula is C5H12N2O. The van der Waals surface area contributed by atoms with Crippen LogP contribution in [0.2, 0.25) is 0 Å². The van der Waals surface area contributed by atoms with E-state index in [1.165, 1.54) is 5.06 Å². The summed E-state index contributed by atoms with van der Waals surface area (Å²) in [6.07, 6.45) is 0. The SMILES string of the molecule is C[C@H]1CN(O)CCN1. The van der Waals surface area contributed by atoms with Gasteiger partial charge in [-0.3, -0.25) is 0 Å². The van der Waals surface area contributed by atoms with E-state index in [2.05, 4.69) is 12.2 Å². The molecule has 0 bridgehead atoms. The monoisotopic (exact) mass is 116 g/mol. The third-order valence-corrected chi connectivity index (χ3v) is 1.35.